The highest BCUT2D eigenvalue weighted by molar-refractivity contribution is 5.78. The number of amides is 1. The quantitative estimate of drug-likeness (QED) is 0.788. The van der Waals surface area contributed by atoms with Crippen LogP contribution in [0.4, 0.5) is 0 Å². The highest BCUT2D eigenvalue weighted by atomic mass is 16.3. The zero-order valence-corrected chi connectivity index (χ0v) is 14.3. The molecule has 5 nitrogen and oxygen atoms in total. The maximum absolute atomic E-state index is 12.2. The number of hydrogen-bond acceptors (Lipinski definition) is 4. The molecule has 0 bridgehead atoms. The van der Waals surface area contributed by atoms with E-state index in [1.165, 1.54) is 5.56 Å². The van der Waals surface area contributed by atoms with Gasteiger partial charge in [-0.25, -0.2) is 0 Å². The number of β-amino-alcohol motifs (C(OH)–C–C–N with tert-alkyl or cyclic N) is 1. The standard InChI is InChI=1S/C18H29N3O2/c1-3-16-4-6-17(7-5-16)15(2)19-18(23)14-21-10-8-20(9-11-21)12-13-22/h4-7,15,22H,3,8-14H2,1-2H3,(H,19,23)/t15-/m1/s1. The lowest BCUT2D eigenvalue weighted by atomic mass is 10.1. The van der Waals surface area contributed by atoms with Gasteiger partial charge in [-0.2, -0.15) is 0 Å². The van der Waals surface area contributed by atoms with Gasteiger partial charge < -0.3 is 10.4 Å². The second-order valence-corrected chi connectivity index (χ2v) is 6.23. The largest absolute Gasteiger partial charge is 0.395 e. The van der Waals surface area contributed by atoms with E-state index in [0.29, 0.717) is 6.54 Å². The predicted octanol–water partition coefficient (Wildman–Crippen LogP) is 1.04. The number of aryl methyl sites for hydroxylation is 1. The van der Waals surface area contributed by atoms with E-state index >= 15 is 0 Å². The molecule has 0 aromatic heterocycles. The van der Waals surface area contributed by atoms with Gasteiger partial charge in [0, 0.05) is 32.7 Å². The molecule has 2 rings (SSSR count). The SMILES string of the molecule is CCc1ccc([C@@H](C)NC(=O)CN2CCN(CCO)CC2)cc1. The van der Waals surface area contributed by atoms with E-state index in [1.807, 2.05) is 6.92 Å². The summed E-state index contributed by atoms with van der Waals surface area (Å²) in [7, 11) is 0. The fraction of sp³-hybridized carbons (Fsp3) is 0.611. The Morgan fingerprint density at radius 2 is 1.78 bits per heavy atom. The van der Waals surface area contributed by atoms with Crippen LogP contribution in [-0.2, 0) is 11.2 Å². The van der Waals surface area contributed by atoms with Gasteiger partial charge in [0.05, 0.1) is 19.2 Å². The minimum Gasteiger partial charge on any atom is -0.395 e. The third-order valence-corrected chi connectivity index (χ3v) is 4.51. The summed E-state index contributed by atoms with van der Waals surface area (Å²) in [5.74, 6) is 0.0766. The van der Waals surface area contributed by atoms with Crippen LogP contribution in [-0.4, -0.2) is 66.7 Å². The monoisotopic (exact) mass is 319 g/mol. The third-order valence-electron chi connectivity index (χ3n) is 4.51. The fourth-order valence-electron chi connectivity index (χ4n) is 2.93. The molecule has 1 aromatic rings. The summed E-state index contributed by atoms with van der Waals surface area (Å²) in [6, 6.07) is 8.47. The Labute approximate surface area is 139 Å². The first-order valence-electron chi connectivity index (χ1n) is 8.56. The van der Waals surface area contributed by atoms with Crippen molar-refractivity contribution in [3.63, 3.8) is 0 Å². The van der Waals surface area contributed by atoms with Gasteiger partial charge >= 0.3 is 0 Å². The maximum Gasteiger partial charge on any atom is 0.234 e. The molecule has 5 heteroatoms. The van der Waals surface area contributed by atoms with Crippen molar-refractivity contribution >= 4 is 5.91 Å². The molecule has 0 radical (unpaired) electrons. The van der Waals surface area contributed by atoms with Crippen LogP contribution in [0.25, 0.3) is 0 Å². The number of rotatable bonds is 7. The van der Waals surface area contributed by atoms with Crippen molar-refractivity contribution in [1.29, 1.82) is 0 Å². The van der Waals surface area contributed by atoms with Crippen LogP contribution in [0.15, 0.2) is 24.3 Å². The van der Waals surface area contributed by atoms with Crippen molar-refractivity contribution in [2.45, 2.75) is 26.3 Å². The number of nitrogens with zero attached hydrogens (tertiary/aromatic N) is 2. The number of carbonyl (C=O) groups excluding carboxylic acids is 1. The molecule has 1 amide bonds. The molecular formula is C18H29N3O2. The number of benzene rings is 1. The summed E-state index contributed by atoms with van der Waals surface area (Å²) in [5.41, 5.74) is 2.45. The highest BCUT2D eigenvalue weighted by Gasteiger charge is 2.19. The number of aliphatic hydroxyl groups excluding tert-OH is 1. The predicted molar refractivity (Wildman–Crippen MR) is 92.3 cm³/mol. The van der Waals surface area contributed by atoms with Crippen LogP contribution >= 0.6 is 0 Å². The van der Waals surface area contributed by atoms with E-state index in [1.54, 1.807) is 0 Å². The molecule has 1 saturated heterocycles. The van der Waals surface area contributed by atoms with Crippen molar-refractivity contribution in [3.8, 4) is 0 Å². The Hall–Kier alpha value is -1.43. The van der Waals surface area contributed by atoms with Gasteiger partial charge in [-0.05, 0) is 24.5 Å². The molecule has 1 atom stereocenters. The van der Waals surface area contributed by atoms with Crippen LogP contribution in [0.2, 0.25) is 0 Å². The van der Waals surface area contributed by atoms with E-state index in [0.717, 1.165) is 44.7 Å². The summed E-state index contributed by atoms with van der Waals surface area (Å²) < 4.78 is 0. The lowest BCUT2D eigenvalue weighted by molar-refractivity contribution is -0.123. The summed E-state index contributed by atoms with van der Waals surface area (Å²) in [6.07, 6.45) is 1.03. The topological polar surface area (TPSA) is 55.8 Å². The molecule has 23 heavy (non-hydrogen) atoms. The Bertz CT molecular complexity index is 482. The molecule has 2 N–H and O–H groups in total. The Morgan fingerprint density at radius 3 is 2.35 bits per heavy atom. The third kappa shape index (κ3) is 5.61. The lowest BCUT2D eigenvalue weighted by Gasteiger charge is -2.34. The Kier molecular flexibility index (Phi) is 7.02. The van der Waals surface area contributed by atoms with Gasteiger partial charge in [0.2, 0.25) is 5.91 Å². The molecule has 1 heterocycles. The van der Waals surface area contributed by atoms with Crippen LogP contribution in [0.5, 0.6) is 0 Å². The summed E-state index contributed by atoms with van der Waals surface area (Å²) in [6.45, 7) is 9.15. The fourth-order valence-corrected chi connectivity index (χ4v) is 2.93. The smallest absolute Gasteiger partial charge is 0.234 e. The second kappa shape index (κ2) is 9.01. The summed E-state index contributed by atoms with van der Waals surface area (Å²) in [4.78, 5) is 16.6. The van der Waals surface area contributed by atoms with Crippen LogP contribution in [0.3, 0.4) is 0 Å². The van der Waals surface area contributed by atoms with E-state index < -0.39 is 0 Å². The molecule has 0 spiro atoms. The Balaban J connectivity index is 1.75. The van der Waals surface area contributed by atoms with E-state index in [9.17, 15) is 4.79 Å². The number of carbonyl (C=O) groups is 1. The van der Waals surface area contributed by atoms with Crippen LogP contribution < -0.4 is 5.32 Å². The molecule has 1 aliphatic heterocycles. The molecule has 1 aliphatic rings. The van der Waals surface area contributed by atoms with Crippen molar-refractivity contribution in [2.24, 2.45) is 0 Å². The first-order chi connectivity index (χ1) is 11.1. The van der Waals surface area contributed by atoms with E-state index in [4.69, 9.17) is 5.11 Å². The zero-order valence-electron chi connectivity index (χ0n) is 14.3. The lowest BCUT2D eigenvalue weighted by Crippen LogP contribution is -2.50. The van der Waals surface area contributed by atoms with Crippen molar-refractivity contribution in [3.05, 3.63) is 35.4 Å². The minimum absolute atomic E-state index is 0.0316. The molecule has 1 aromatic carbocycles. The molecule has 0 aliphatic carbocycles. The van der Waals surface area contributed by atoms with E-state index in [2.05, 4.69) is 46.3 Å². The van der Waals surface area contributed by atoms with Gasteiger partial charge in [0.25, 0.3) is 0 Å². The van der Waals surface area contributed by atoms with Crippen LogP contribution in [0.1, 0.15) is 31.0 Å². The molecule has 128 valence electrons. The number of piperazine rings is 1. The van der Waals surface area contributed by atoms with Crippen LogP contribution in [0, 0.1) is 0 Å². The number of aliphatic hydroxyl groups is 1. The average molecular weight is 319 g/mol. The summed E-state index contributed by atoms with van der Waals surface area (Å²) >= 11 is 0. The molecule has 1 fully saturated rings. The van der Waals surface area contributed by atoms with E-state index in [-0.39, 0.29) is 18.6 Å². The van der Waals surface area contributed by atoms with Gasteiger partial charge in [0.1, 0.15) is 0 Å². The number of hydrogen-bond donors (Lipinski definition) is 2. The second-order valence-electron chi connectivity index (χ2n) is 6.23. The first-order valence-corrected chi connectivity index (χ1v) is 8.56. The van der Waals surface area contributed by atoms with Gasteiger partial charge in [-0.1, -0.05) is 31.2 Å². The van der Waals surface area contributed by atoms with Crippen molar-refractivity contribution in [1.82, 2.24) is 15.1 Å². The first kappa shape index (κ1) is 17.9. The maximum atomic E-state index is 12.2. The molecule has 0 unspecified atom stereocenters. The Morgan fingerprint density at radius 1 is 1.17 bits per heavy atom. The van der Waals surface area contributed by atoms with Gasteiger partial charge in [-0.3, -0.25) is 14.6 Å². The normalized spacial score (nSPS) is 17.9. The number of nitrogens with one attached hydrogen (secondary N) is 1. The van der Waals surface area contributed by atoms with Gasteiger partial charge in [-0.15, -0.1) is 0 Å². The minimum atomic E-state index is 0.0316. The molecular weight excluding hydrogens is 290 g/mol. The van der Waals surface area contributed by atoms with Crippen molar-refractivity contribution < 1.29 is 9.90 Å². The average Bonchev–Trinajstić information content (AvgIpc) is 2.57. The van der Waals surface area contributed by atoms with Gasteiger partial charge in [0.15, 0.2) is 0 Å². The zero-order chi connectivity index (χ0) is 16.7. The highest BCUT2D eigenvalue weighted by Crippen LogP contribution is 2.13. The summed E-state index contributed by atoms with van der Waals surface area (Å²) in [5, 5.41) is 12.0. The van der Waals surface area contributed by atoms with Crippen molar-refractivity contribution in [2.75, 3.05) is 45.9 Å². The molecule has 0 saturated carbocycles.